The summed E-state index contributed by atoms with van der Waals surface area (Å²) in [6, 6.07) is 8.11. The molecule has 0 spiro atoms. The van der Waals surface area contributed by atoms with Crippen molar-refractivity contribution >= 4 is 22.8 Å². The van der Waals surface area contributed by atoms with Crippen LogP contribution in [0.3, 0.4) is 0 Å². The van der Waals surface area contributed by atoms with Crippen LogP contribution in [0.1, 0.15) is 37.7 Å². The lowest BCUT2D eigenvalue weighted by Gasteiger charge is -2.36. The van der Waals surface area contributed by atoms with E-state index in [0.717, 1.165) is 18.4 Å². The number of aromatic amines is 1. The van der Waals surface area contributed by atoms with Crippen molar-refractivity contribution in [3.05, 3.63) is 36.0 Å². The number of aryl methyl sites for hydroxylation is 1. The van der Waals surface area contributed by atoms with Gasteiger partial charge in [-0.3, -0.25) is 9.59 Å². The van der Waals surface area contributed by atoms with Crippen molar-refractivity contribution < 1.29 is 19.4 Å². The van der Waals surface area contributed by atoms with Crippen LogP contribution < -0.4 is 5.32 Å². The summed E-state index contributed by atoms with van der Waals surface area (Å²) in [5, 5.41) is 13.3. The molecule has 1 aromatic heterocycles. The van der Waals surface area contributed by atoms with Crippen LogP contribution in [0, 0.1) is 0 Å². The SMILES string of the molecule is O=C(O)CC1(NC(=O)CCCc2c[nH]c3ccccc23)CCOCC1. The van der Waals surface area contributed by atoms with Crippen molar-refractivity contribution in [1.29, 1.82) is 0 Å². The van der Waals surface area contributed by atoms with Gasteiger partial charge in [-0.2, -0.15) is 0 Å². The second-order valence-electron chi connectivity index (χ2n) is 6.72. The number of amides is 1. The summed E-state index contributed by atoms with van der Waals surface area (Å²) in [4.78, 5) is 26.7. The van der Waals surface area contributed by atoms with Crippen LogP contribution >= 0.6 is 0 Å². The molecule has 25 heavy (non-hydrogen) atoms. The highest BCUT2D eigenvalue weighted by Crippen LogP contribution is 2.25. The maximum atomic E-state index is 12.3. The molecule has 134 valence electrons. The molecule has 0 saturated carbocycles. The maximum absolute atomic E-state index is 12.3. The minimum atomic E-state index is -0.888. The molecule has 3 rings (SSSR count). The number of H-pyrrole nitrogens is 1. The number of carbonyl (C=O) groups is 2. The molecule has 1 aliphatic rings. The highest BCUT2D eigenvalue weighted by atomic mass is 16.5. The predicted molar refractivity (Wildman–Crippen MR) is 94.4 cm³/mol. The number of nitrogens with one attached hydrogen (secondary N) is 2. The first-order valence-electron chi connectivity index (χ1n) is 8.74. The van der Waals surface area contributed by atoms with Crippen LogP contribution in [-0.4, -0.2) is 40.7 Å². The van der Waals surface area contributed by atoms with Crippen LogP contribution in [0.25, 0.3) is 10.9 Å². The third kappa shape index (κ3) is 4.39. The van der Waals surface area contributed by atoms with Crippen molar-refractivity contribution in [2.24, 2.45) is 0 Å². The average Bonchev–Trinajstić information content (AvgIpc) is 2.98. The Morgan fingerprint density at radius 2 is 2.00 bits per heavy atom. The highest BCUT2D eigenvalue weighted by Gasteiger charge is 2.36. The number of aliphatic carboxylic acids is 1. The second-order valence-corrected chi connectivity index (χ2v) is 6.72. The predicted octanol–water partition coefficient (Wildman–Crippen LogP) is 2.63. The molecule has 6 heteroatoms. The van der Waals surface area contributed by atoms with Gasteiger partial charge in [0, 0.05) is 36.7 Å². The Labute approximate surface area is 146 Å². The number of aromatic nitrogens is 1. The normalized spacial score (nSPS) is 16.6. The molecule has 3 N–H and O–H groups in total. The smallest absolute Gasteiger partial charge is 0.305 e. The monoisotopic (exact) mass is 344 g/mol. The lowest BCUT2D eigenvalue weighted by molar-refractivity contribution is -0.140. The fourth-order valence-corrected chi connectivity index (χ4v) is 3.53. The van der Waals surface area contributed by atoms with E-state index in [4.69, 9.17) is 9.84 Å². The Morgan fingerprint density at radius 1 is 1.24 bits per heavy atom. The van der Waals surface area contributed by atoms with Crippen LogP contribution in [0.15, 0.2) is 30.5 Å². The van der Waals surface area contributed by atoms with E-state index in [1.807, 2.05) is 24.4 Å². The number of hydrogen-bond acceptors (Lipinski definition) is 3. The van der Waals surface area contributed by atoms with E-state index < -0.39 is 11.5 Å². The van der Waals surface area contributed by atoms with E-state index in [1.54, 1.807) is 0 Å². The first kappa shape index (κ1) is 17.5. The number of carboxylic acid groups (broad SMARTS) is 1. The van der Waals surface area contributed by atoms with Gasteiger partial charge in [0.25, 0.3) is 0 Å². The van der Waals surface area contributed by atoms with Gasteiger partial charge in [-0.05, 0) is 37.3 Å². The molecule has 1 fully saturated rings. The minimum absolute atomic E-state index is 0.0510. The number of carbonyl (C=O) groups excluding carboxylic acids is 1. The number of rotatable bonds is 7. The van der Waals surface area contributed by atoms with E-state index in [2.05, 4.69) is 16.4 Å². The van der Waals surface area contributed by atoms with Gasteiger partial charge in [0.2, 0.25) is 5.91 Å². The lowest BCUT2D eigenvalue weighted by Crippen LogP contribution is -2.53. The van der Waals surface area contributed by atoms with Gasteiger partial charge in [0.1, 0.15) is 0 Å². The molecule has 1 amide bonds. The zero-order valence-electron chi connectivity index (χ0n) is 14.2. The van der Waals surface area contributed by atoms with Gasteiger partial charge >= 0.3 is 5.97 Å². The Hall–Kier alpha value is -2.34. The quantitative estimate of drug-likeness (QED) is 0.720. The number of para-hydroxylation sites is 1. The van der Waals surface area contributed by atoms with E-state index in [9.17, 15) is 9.59 Å². The summed E-state index contributed by atoms with van der Waals surface area (Å²) in [6.07, 6.45) is 4.97. The highest BCUT2D eigenvalue weighted by molar-refractivity contribution is 5.83. The van der Waals surface area contributed by atoms with E-state index in [1.165, 1.54) is 10.9 Å². The zero-order valence-corrected chi connectivity index (χ0v) is 14.2. The summed E-state index contributed by atoms with van der Waals surface area (Å²) in [5.41, 5.74) is 1.64. The van der Waals surface area contributed by atoms with Crippen LogP contribution in [0.4, 0.5) is 0 Å². The van der Waals surface area contributed by atoms with Gasteiger partial charge in [0.05, 0.1) is 12.0 Å². The van der Waals surface area contributed by atoms with Crippen molar-refractivity contribution in [2.45, 2.75) is 44.1 Å². The van der Waals surface area contributed by atoms with Crippen molar-refractivity contribution in [1.82, 2.24) is 10.3 Å². The molecule has 0 radical (unpaired) electrons. The number of fused-ring (bicyclic) bond motifs is 1. The van der Waals surface area contributed by atoms with Crippen LogP contribution in [0.2, 0.25) is 0 Å². The fraction of sp³-hybridized carbons (Fsp3) is 0.474. The van der Waals surface area contributed by atoms with Gasteiger partial charge in [-0.25, -0.2) is 0 Å². The third-order valence-electron chi connectivity index (χ3n) is 4.87. The fourth-order valence-electron chi connectivity index (χ4n) is 3.53. The van der Waals surface area contributed by atoms with E-state index >= 15 is 0 Å². The van der Waals surface area contributed by atoms with Crippen LogP contribution in [-0.2, 0) is 20.7 Å². The minimum Gasteiger partial charge on any atom is -0.481 e. The van der Waals surface area contributed by atoms with E-state index in [-0.39, 0.29) is 12.3 Å². The molecule has 2 heterocycles. The molecule has 0 bridgehead atoms. The summed E-state index contributed by atoms with van der Waals surface area (Å²) in [7, 11) is 0. The van der Waals surface area contributed by atoms with Crippen molar-refractivity contribution in [3.63, 3.8) is 0 Å². The van der Waals surface area contributed by atoms with E-state index in [0.29, 0.717) is 32.5 Å². The Bertz CT molecular complexity index is 747. The lowest BCUT2D eigenvalue weighted by atomic mass is 9.86. The molecule has 1 saturated heterocycles. The molecular formula is C19H24N2O4. The first-order chi connectivity index (χ1) is 12.1. The second kappa shape index (κ2) is 7.70. The van der Waals surface area contributed by atoms with Crippen molar-refractivity contribution in [3.8, 4) is 0 Å². The van der Waals surface area contributed by atoms with Gasteiger partial charge in [-0.15, -0.1) is 0 Å². The molecule has 0 unspecified atom stereocenters. The molecule has 6 nitrogen and oxygen atoms in total. The van der Waals surface area contributed by atoms with Gasteiger partial charge in [0.15, 0.2) is 0 Å². The van der Waals surface area contributed by atoms with Gasteiger partial charge < -0.3 is 20.1 Å². The molecular weight excluding hydrogens is 320 g/mol. The first-order valence-corrected chi connectivity index (χ1v) is 8.74. The summed E-state index contributed by atoms with van der Waals surface area (Å²) < 4.78 is 5.31. The molecule has 0 atom stereocenters. The number of carboxylic acids is 1. The number of ether oxygens (including phenoxy) is 1. The summed E-state index contributed by atoms with van der Waals surface area (Å²) in [5.74, 6) is -0.969. The average molecular weight is 344 g/mol. The Balaban J connectivity index is 1.54. The molecule has 1 aliphatic heterocycles. The topological polar surface area (TPSA) is 91.4 Å². The largest absolute Gasteiger partial charge is 0.481 e. The summed E-state index contributed by atoms with van der Waals surface area (Å²) >= 11 is 0. The number of benzene rings is 1. The molecule has 1 aromatic carbocycles. The summed E-state index contributed by atoms with van der Waals surface area (Å²) in [6.45, 7) is 0.978. The standard InChI is InChI=1S/C19H24N2O4/c22-17(21-19(12-18(23)24)8-10-25-11-9-19)7-3-4-14-13-20-16-6-2-1-5-15(14)16/h1-2,5-6,13,20H,3-4,7-12H2,(H,21,22)(H,23,24). The van der Waals surface area contributed by atoms with Crippen molar-refractivity contribution in [2.75, 3.05) is 13.2 Å². The van der Waals surface area contributed by atoms with Crippen LogP contribution in [0.5, 0.6) is 0 Å². The maximum Gasteiger partial charge on any atom is 0.305 e. The Morgan fingerprint density at radius 3 is 2.76 bits per heavy atom. The number of hydrogen-bond donors (Lipinski definition) is 3. The third-order valence-corrected chi connectivity index (χ3v) is 4.87. The molecule has 2 aromatic rings. The zero-order chi connectivity index (χ0) is 17.7. The molecule has 0 aliphatic carbocycles. The van der Waals surface area contributed by atoms with Gasteiger partial charge in [-0.1, -0.05) is 18.2 Å². The Kier molecular flexibility index (Phi) is 5.38.